The van der Waals surface area contributed by atoms with Crippen molar-refractivity contribution in [1.29, 1.82) is 0 Å². The van der Waals surface area contributed by atoms with Gasteiger partial charge in [-0.1, -0.05) is 25.6 Å². The summed E-state index contributed by atoms with van der Waals surface area (Å²) in [5.74, 6) is 2.89. The Morgan fingerprint density at radius 1 is 1.23 bits per heavy atom. The van der Waals surface area contributed by atoms with Crippen molar-refractivity contribution < 1.29 is 4.74 Å². The van der Waals surface area contributed by atoms with Crippen LogP contribution < -0.4 is 4.74 Å². The zero-order valence-corrected chi connectivity index (χ0v) is 13.3. The third-order valence-electron chi connectivity index (χ3n) is 4.37. The lowest BCUT2D eigenvalue weighted by Gasteiger charge is -2.08. The molecule has 1 aliphatic carbocycles. The SMILES string of the molecule is C=Cc1cnc(C)nc1OCC1C(C)C1c1ccc(C)cn1. The molecule has 0 amide bonds. The number of aryl methyl sites for hydroxylation is 2. The molecule has 1 fully saturated rings. The van der Waals surface area contributed by atoms with E-state index in [9.17, 15) is 0 Å². The summed E-state index contributed by atoms with van der Waals surface area (Å²) >= 11 is 0. The summed E-state index contributed by atoms with van der Waals surface area (Å²) in [6.45, 7) is 10.6. The van der Waals surface area contributed by atoms with E-state index in [0.717, 1.165) is 11.3 Å². The highest BCUT2D eigenvalue weighted by Gasteiger charge is 2.48. The molecule has 4 heteroatoms. The smallest absolute Gasteiger partial charge is 0.224 e. The van der Waals surface area contributed by atoms with Crippen molar-refractivity contribution in [3.05, 3.63) is 53.8 Å². The fourth-order valence-corrected chi connectivity index (χ4v) is 2.86. The third kappa shape index (κ3) is 2.86. The molecule has 0 aliphatic heterocycles. The van der Waals surface area contributed by atoms with Gasteiger partial charge in [-0.3, -0.25) is 4.98 Å². The van der Waals surface area contributed by atoms with Crippen molar-refractivity contribution in [2.75, 3.05) is 6.61 Å². The molecule has 114 valence electrons. The van der Waals surface area contributed by atoms with Gasteiger partial charge in [-0.25, -0.2) is 4.98 Å². The fourth-order valence-electron chi connectivity index (χ4n) is 2.86. The molecule has 3 atom stereocenters. The summed E-state index contributed by atoms with van der Waals surface area (Å²) in [5.41, 5.74) is 3.19. The van der Waals surface area contributed by atoms with E-state index in [-0.39, 0.29) is 0 Å². The average Bonchev–Trinajstić information content (AvgIpc) is 3.16. The molecule has 2 heterocycles. The summed E-state index contributed by atoms with van der Waals surface area (Å²) in [6.07, 6.45) is 5.41. The predicted octanol–water partition coefficient (Wildman–Crippen LogP) is 3.56. The quantitative estimate of drug-likeness (QED) is 0.846. The highest BCUT2D eigenvalue weighted by Crippen LogP contribution is 2.53. The predicted molar refractivity (Wildman–Crippen MR) is 86.7 cm³/mol. The first-order valence-electron chi connectivity index (χ1n) is 7.61. The van der Waals surface area contributed by atoms with E-state index < -0.39 is 0 Å². The normalized spacial score (nSPS) is 23.1. The number of hydrogen-bond acceptors (Lipinski definition) is 4. The minimum absolute atomic E-state index is 0.482. The summed E-state index contributed by atoms with van der Waals surface area (Å²) < 4.78 is 5.93. The first kappa shape index (κ1) is 14.7. The van der Waals surface area contributed by atoms with Crippen molar-refractivity contribution >= 4 is 6.08 Å². The molecular formula is C18H21N3O. The van der Waals surface area contributed by atoms with Crippen LogP contribution in [0.25, 0.3) is 6.08 Å². The van der Waals surface area contributed by atoms with Crippen LogP contribution in [-0.2, 0) is 0 Å². The van der Waals surface area contributed by atoms with Crippen LogP contribution in [0.1, 0.15) is 35.5 Å². The second-order valence-corrected chi connectivity index (χ2v) is 6.00. The van der Waals surface area contributed by atoms with Crippen LogP contribution in [0.15, 0.2) is 31.1 Å². The molecule has 2 aromatic heterocycles. The first-order chi connectivity index (χ1) is 10.6. The molecule has 3 rings (SSSR count). The van der Waals surface area contributed by atoms with Crippen LogP contribution in [0.5, 0.6) is 5.88 Å². The topological polar surface area (TPSA) is 47.9 Å². The van der Waals surface area contributed by atoms with Crippen LogP contribution in [0, 0.1) is 25.7 Å². The highest BCUT2D eigenvalue weighted by molar-refractivity contribution is 5.51. The molecular weight excluding hydrogens is 274 g/mol. The Kier molecular flexibility index (Phi) is 3.92. The standard InChI is InChI=1S/C18H21N3O/c1-5-14-9-19-13(4)21-18(14)22-10-15-12(3)17(15)16-7-6-11(2)8-20-16/h5-9,12,15,17H,1,10H2,2-4H3. The maximum Gasteiger partial charge on any atom is 0.224 e. The summed E-state index contributed by atoms with van der Waals surface area (Å²) in [6, 6.07) is 4.25. The molecule has 0 radical (unpaired) electrons. The van der Waals surface area contributed by atoms with Crippen molar-refractivity contribution in [1.82, 2.24) is 15.0 Å². The minimum atomic E-state index is 0.482. The van der Waals surface area contributed by atoms with Gasteiger partial charge in [0, 0.05) is 29.9 Å². The Balaban J connectivity index is 1.67. The lowest BCUT2D eigenvalue weighted by atomic mass is 10.2. The van der Waals surface area contributed by atoms with E-state index in [1.807, 2.05) is 13.1 Å². The van der Waals surface area contributed by atoms with Crippen molar-refractivity contribution in [3.8, 4) is 5.88 Å². The average molecular weight is 295 g/mol. The monoisotopic (exact) mass is 295 g/mol. The summed E-state index contributed by atoms with van der Waals surface area (Å²) in [5, 5.41) is 0. The zero-order chi connectivity index (χ0) is 15.7. The van der Waals surface area contributed by atoms with Crippen molar-refractivity contribution in [2.45, 2.75) is 26.7 Å². The lowest BCUT2D eigenvalue weighted by molar-refractivity contribution is 0.278. The van der Waals surface area contributed by atoms with Gasteiger partial charge in [-0.15, -0.1) is 0 Å². The second kappa shape index (κ2) is 5.87. The number of nitrogens with zero attached hydrogens (tertiary/aromatic N) is 3. The lowest BCUT2D eigenvalue weighted by Crippen LogP contribution is -2.06. The van der Waals surface area contributed by atoms with Gasteiger partial charge in [0.2, 0.25) is 5.88 Å². The van der Waals surface area contributed by atoms with E-state index >= 15 is 0 Å². The van der Waals surface area contributed by atoms with E-state index in [2.05, 4.69) is 47.5 Å². The van der Waals surface area contributed by atoms with Crippen LogP contribution in [-0.4, -0.2) is 21.6 Å². The van der Waals surface area contributed by atoms with Crippen LogP contribution in [0.4, 0.5) is 0 Å². The Bertz CT molecular complexity index is 681. The molecule has 0 N–H and O–H groups in total. The van der Waals surface area contributed by atoms with Crippen LogP contribution in [0.2, 0.25) is 0 Å². The maximum absolute atomic E-state index is 5.93. The molecule has 0 aromatic carbocycles. The van der Waals surface area contributed by atoms with Crippen molar-refractivity contribution in [2.24, 2.45) is 11.8 Å². The van der Waals surface area contributed by atoms with Gasteiger partial charge in [0.25, 0.3) is 0 Å². The largest absolute Gasteiger partial charge is 0.477 e. The third-order valence-corrected chi connectivity index (χ3v) is 4.37. The van der Waals surface area contributed by atoms with E-state index in [1.165, 1.54) is 5.56 Å². The molecule has 0 bridgehead atoms. The Labute approximate surface area is 131 Å². The van der Waals surface area contributed by atoms with Crippen molar-refractivity contribution in [3.63, 3.8) is 0 Å². The molecule has 1 aliphatic rings. The van der Waals surface area contributed by atoms with Gasteiger partial charge < -0.3 is 4.74 Å². The molecule has 3 unspecified atom stereocenters. The van der Waals surface area contributed by atoms with Gasteiger partial charge in [0.15, 0.2) is 0 Å². The van der Waals surface area contributed by atoms with E-state index in [0.29, 0.717) is 36.1 Å². The Morgan fingerprint density at radius 2 is 2.05 bits per heavy atom. The number of aromatic nitrogens is 3. The number of hydrogen-bond donors (Lipinski definition) is 0. The first-order valence-corrected chi connectivity index (χ1v) is 7.61. The Hall–Kier alpha value is -2.23. The fraction of sp³-hybridized carbons (Fsp3) is 0.389. The van der Waals surface area contributed by atoms with E-state index in [1.54, 1.807) is 12.3 Å². The molecule has 4 nitrogen and oxygen atoms in total. The van der Waals surface area contributed by atoms with Crippen LogP contribution in [0.3, 0.4) is 0 Å². The molecule has 22 heavy (non-hydrogen) atoms. The summed E-state index contributed by atoms with van der Waals surface area (Å²) in [7, 11) is 0. The van der Waals surface area contributed by atoms with E-state index in [4.69, 9.17) is 4.74 Å². The number of rotatable bonds is 5. The highest BCUT2D eigenvalue weighted by atomic mass is 16.5. The number of ether oxygens (including phenoxy) is 1. The van der Waals surface area contributed by atoms with Gasteiger partial charge in [-0.05, 0) is 31.4 Å². The number of pyridine rings is 1. The zero-order valence-electron chi connectivity index (χ0n) is 13.3. The van der Waals surface area contributed by atoms with Crippen LogP contribution >= 0.6 is 0 Å². The van der Waals surface area contributed by atoms with Gasteiger partial charge in [0.05, 0.1) is 12.2 Å². The second-order valence-electron chi connectivity index (χ2n) is 6.00. The van der Waals surface area contributed by atoms with Gasteiger partial charge in [0.1, 0.15) is 5.82 Å². The molecule has 0 saturated heterocycles. The van der Waals surface area contributed by atoms with Gasteiger partial charge >= 0.3 is 0 Å². The van der Waals surface area contributed by atoms with Gasteiger partial charge in [-0.2, -0.15) is 4.98 Å². The summed E-state index contributed by atoms with van der Waals surface area (Å²) in [4.78, 5) is 13.1. The maximum atomic E-state index is 5.93. The Morgan fingerprint density at radius 3 is 2.73 bits per heavy atom. The molecule has 1 saturated carbocycles. The molecule has 0 spiro atoms. The molecule has 2 aromatic rings. The minimum Gasteiger partial charge on any atom is -0.477 e.